The molecule has 116 valence electrons. The molecule has 5 heteroatoms. The van der Waals surface area contributed by atoms with Gasteiger partial charge in [0.2, 0.25) is 0 Å². The molecule has 0 aromatic heterocycles. The highest BCUT2D eigenvalue weighted by Crippen LogP contribution is 2.22. The fraction of sp³-hybridized carbons (Fsp3) is 0.294. The molecule has 1 N–H and O–H groups in total. The minimum Gasteiger partial charge on any atom is -0.497 e. The van der Waals surface area contributed by atoms with Gasteiger partial charge in [0.1, 0.15) is 5.75 Å². The van der Waals surface area contributed by atoms with E-state index >= 15 is 0 Å². The zero-order valence-corrected chi connectivity index (χ0v) is 12.8. The van der Waals surface area contributed by atoms with Gasteiger partial charge in [-0.3, -0.25) is 10.1 Å². The minimum absolute atomic E-state index is 0.0852. The van der Waals surface area contributed by atoms with Crippen LogP contribution in [0.25, 0.3) is 0 Å². The molecule has 1 unspecified atom stereocenters. The second-order valence-electron chi connectivity index (χ2n) is 5.04. The van der Waals surface area contributed by atoms with E-state index in [2.05, 4.69) is 12.2 Å². The van der Waals surface area contributed by atoms with Gasteiger partial charge in [-0.05, 0) is 29.7 Å². The summed E-state index contributed by atoms with van der Waals surface area (Å²) in [6, 6.07) is 14.7. The first kappa shape index (κ1) is 16.0. The summed E-state index contributed by atoms with van der Waals surface area (Å²) in [6.45, 7) is 2.76. The van der Waals surface area contributed by atoms with Crippen molar-refractivity contribution in [2.24, 2.45) is 0 Å². The fourth-order valence-corrected chi connectivity index (χ4v) is 2.34. The zero-order valence-electron chi connectivity index (χ0n) is 12.8. The molecule has 0 bridgehead atoms. The smallest absolute Gasteiger partial charge is 0.269 e. The van der Waals surface area contributed by atoms with E-state index in [1.165, 1.54) is 6.07 Å². The first-order valence-electron chi connectivity index (χ1n) is 7.24. The first-order valence-corrected chi connectivity index (χ1v) is 7.24. The lowest BCUT2D eigenvalue weighted by molar-refractivity contribution is -0.384. The molecule has 0 radical (unpaired) electrons. The second kappa shape index (κ2) is 7.56. The molecule has 0 aliphatic carbocycles. The Balaban J connectivity index is 2.05. The predicted octanol–water partition coefficient (Wildman–Crippen LogP) is 3.84. The molecule has 2 aromatic carbocycles. The Bertz CT molecular complexity index is 626. The van der Waals surface area contributed by atoms with Crippen LogP contribution < -0.4 is 10.1 Å². The highest BCUT2D eigenvalue weighted by Gasteiger charge is 2.13. The molecule has 5 nitrogen and oxygen atoms in total. The topological polar surface area (TPSA) is 64.4 Å². The largest absolute Gasteiger partial charge is 0.497 e. The molecule has 0 saturated heterocycles. The van der Waals surface area contributed by atoms with Gasteiger partial charge in [-0.2, -0.15) is 0 Å². The van der Waals surface area contributed by atoms with Crippen LogP contribution in [0.3, 0.4) is 0 Å². The molecule has 0 aliphatic heterocycles. The van der Waals surface area contributed by atoms with E-state index in [-0.39, 0.29) is 16.7 Å². The highest BCUT2D eigenvalue weighted by molar-refractivity contribution is 5.36. The Morgan fingerprint density at radius 3 is 2.55 bits per heavy atom. The monoisotopic (exact) mass is 300 g/mol. The van der Waals surface area contributed by atoms with Crippen LogP contribution in [-0.4, -0.2) is 12.0 Å². The predicted molar refractivity (Wildman–Crippen MR) is 86.0 cm³/mol. The number of nitrogens with one attached hydrogen (secondary N) is 1. The number of nitro groups is 1. The number of nitro benzene ring substituents is 1. The van der Waals surface area contributed by atoms with Crippen LogP contribution in [0.4, 0.5) is 5.69 Å². The maximum atomic E-state index is 10.9. The molecule has 2 rings (SSSR count). The van der Waals surface area contributed by atoms with E-state index < -0.39 is 0 Å². The Hall–Kier alpha value is -2.40. The Labute approximate surface area is 130 Å². The lowest BCUT2D eigenvalue weighted by atomic mass is 10.0. The minimum atomic E-state index is -0.361. The molecule has 0 fully saturated rings. The molecular formula is C17H20N2O3. The van der Waals surface area contributed by atoms with Gasteiger partial charge in [-0.1, -0.05) is 31.2 Å². The molecule has 1 atom stereocenters. The summed E-state index contributed by atoms with van der Waals surface area (Å²) in [7, 11) is 1.64. The number of hydrogen-bond donors (Lipinski definition) is 1. The van der Waals surface area contributed by atoms with Crippen molar-refractivity contribution >= 4 is 5.69 Å². The standard InChI is InChI=1S/C17H20N2O3/c1-3-17(14-5-4-6-15(11-14)19(20)21)18-12-13-7-9-16(22-2)10-8-13/h4-11,17-18H,3,12H2,1-2H3. The van der Waals surface area contributed by atoms with Gasteiger partial charge in [0.05, 0.1) is 12.0 Å². The van der Waals surface area contributed by atoms with E-state index in [0.717, 1.165) is 23.3 Å². The van der Waals surface area contributed by atoms with Gasteiger partial charge in [-0.15, -0.1) is 0 Å². The Kier molecular flexibility index (Phi) is 5.49. The molecule has 22 heavy (non-hydrogen) atoms. The van der Waals surface area contributed by atoms with Crippen LogP contribution in [-0.2, 0) is 6.54 Å². The van der Waals surface area contributed by atoms with E-state index in [0.29, 0.717) is 6.54 Å². The van der Waals surface area contributed by atoms with Gasteiger partial charge in [-0.25, -0.2) is 0 Å². The number of ether oxygens (including phenoxy) is 1. The average Bonchev–Trinajstić information content (AvgIpc) is 2.56. The van der Waals surface area contributed by atoms with Crippen molar-refractivity contribution in [3.8, 4) is 5.75 Å². The van der Waals surface area contributed by atoms with E-state index in [9.17, 15) is 10.1 Å². The first-order chi connectivity index (χ1) is 10.6. The number of non-ortho nitro benzene ring substituents is 1. The lowest BCUT2D eigenvalue weighted by Crippen LogP contribution is -2.20. The van der Waals surface area contributed by atoms with Crippen molar-refractivity contribution in [3.05, 3.63) is 69.8 Å². The van der Waals surface area contributed by atoms with Crippen molar-refractivity contribution in [1.29, 1.82) is 0 Å². The molecule has 0 heterocycles. The fourth-order valence-electron chi connectivity index (χ4n) is 2.34. The molecule has 0 saturated carbocycles. The third kappa shape index (κ3) is 4.05. The van der Waals surface area contributed by atoms with Crippen molar-refractivity contribution in [3.63, 3.8) is 0 Å². The van der Waals surface area contributed by atoms with Crippen molar-refractivity contribution in [1.82, 2.24) is 5.32 Å². The summed E-state index contributed by atoms with van der Waals surface area (Å²) in [5.74, 6) is 0.828. The van der Waals surface area contributed by atoms with E-state index in [1.807, 2.05) is 30.3 Å². The maximum Gasteiger partial charge on any atom is 0.269 e. The van der Waals surface area contributed by atoms with Crippen molar-refractivity contribution < 1.29 is 9.66 Å². The highest BCUT2D eigenvalue weighted by atomic mass is 16.6. The molecule has 0 spiro atoms. The lowest BCUT2D eigenvalue weighted by Gasteiger charge is -2.17. The molecular weight excluding hydrogens is 280 g/mol. The zero-order chi connectivity index (χ0) is 15.9. The van der Waals surface area contributed by atoms with Crippen LogP contribution in [0.2, 0.25) is 0 Å². The summed E-state index contributed by atoms with van der Waals surface area (Å²) >= 11 is 0. The average molecular weight is 300 g/mol. The van der Waals surface area contributed by atoms with Gasteiger partial charge < -0.3 is 10.1 Å². The third-order valence-electron chi connectivity index (χ3n) is 3.60. The summed E-state index contributed by atoms with van der Waals surface area (Å²) in [5.41, 5.74) is 2.21. The van der Waals surface area contributed by atoms with E-state index in [4.69, 9.17) is 4.74 Å². The quantitative estimate of drug-likeness (QED) is 0.623. The van der Waals surface area contributed by atoms with Crippen LogP contribution in [0.1, 0.15) is 30.5 Å². The second-order valence-corrected chi connectivity index (χ2v) is 5.04. The summed E-state index contributed by atoms with van der Waals surface area (Å²) in [4.78, 5) is 10.5. The number of methoxy groups -OCH3 is 1. The molecule has 0 amide bonds. The van der Waals surface area contributed by atoms with Gasteiger partial charge in [0, 0.05) is 24.7 Å². The van der Waals surface area contributed by atoms with Crippen LogP contribution in [0.5, 0.6) is 5.75 Å². The van der Waals surface area contributed by atoms with Gasteiger partial charge in [0.15, 0.2) is 0 Å². The molecule has 0 aliphatic rings. The van der Waals surface area contributed by atoms with Crippen LogP contribution in [0.15, 0.2) is 48.5 Å². The summed E-state index contributed by atoms with van der Waals surface area (Å²) in [6.07, 6.45) is 0.858. The summed E-state index contributed by atoms with van der Waals surface area (Å²) in [5, 5.41) is 14.3. The van der Waals surface area contributed by atoms with Gasteiger partial charge in [0.25, 0.3) is 5.69 Å². The third-order valence-corrected chi connectivity index (χ3v) is 3.60. The normalized spacial score (nSPS) is 11.9. The Morgan fingerprint density at radius 1 is 1.23 bits per heavy atom. The van der Waals surface area contributed by atoms with Crippen molar-refractivity contribution in [2.75, 3.05) is 7.11 Å². The van der Waals surface area contributed by atoms with E-state index in [1.54, 1.807) is 19.2 Å². The van der Waals surface area contributed by atoms with Crippen LogP contribution in [0, 0.1) is 10.1 Å². The maximum absolute atomic E-state index is 10.9. The SMILES string of the molecule is CCC(NCc1ccc(OC)cc1)c1cccc([N+](=O)[O-])c1. The Morgan fingerprint density at radius 2 is 1.95 bits per heavy atom. The van der Waals surface area contributed by atoms with Crippen LogP contribution >= 0.6 is 0 Å². The molecule has 2 aromatic rings. The number of hydrogen-bond acceptors (Lipinski definition) is 4. The summed E-state index contributed by atoms with van der Waals surface area (Å²) < 4.78 is 5.14. The number of rotatable bonds is 7. The van der Waals surface area contributed by atoms with Crippen molar-refractivity contribution in [2.45, 2.75) is 25.9 Å². The van der Waals surface area contributed by atoms with Gasteiger partial charge >= 0.3 is 0 Å². The number of nitrogens with zero attached hydrogens (tertiary/aromatic N) is 1. The number of benzene rings is 2.